The predicted molar refractivity (Wildman–Crippen MR) is 61.6 cm³/mol. The summed E-state index contributed by atoms with van der Waals surface area (Å²) in [6.07, 6.45) is -0.693. The van der Waals surface area contributed by atoms with E-state index in [0.29, 0.717) is 5.56 Å². The van der Waals surface area contributed by atoms with E-state index in [2.05, 4.69) is 0 Å². The Balaban J connectivity index is 2.28. The molecule has 0 bridgehead atoms. The van der Waals surface area contributed by atoms with E-state index in [4.69, 9.17) is 0 Å². The van der Waals surface area contributed by atoms with Crippen LogP contribution in [0.15, 0.2) is 48.5 Å². The summed E-state index contributed by atoms with van der Waals surface area (Å²) in [5, 5.41) is 10.1. The van der Waals surface area contributed by atoms with Crippen molar-refractivity contribution in [2.24, 2.45) is 0 Å². The van der Waals surface area contributed by atoms with Gasteiger partial charge in [-0.2, -0.15) is 0 Å². The van der Waals surface area contributed by atoms with E-state index < -0.39 is 6.10 Å². The van der Waals surface area contributed by atoms with Crippen LogP contribution in [0.25, 0.3) is 0 Å². The molecule has 2 aromatic rings. The molecule has 0 aliphatic rings. The molecule has 2 aromatic carbocycles. The highest BCUT2D eigenvalue weighted by molar-refractivity contribution is 5.31. The lowest BCUT2D eigenvalue weighted by Gasteiger charge is -2.11. The molecular weight excluding hydrogens is 203 g/mol. The Morgan fingerprint density at radius 1 is 0.875 bits per heavy atom. The van der Waals surface area contributed by atoms with Gasteiger partial charge in [-0.1, -0.05) is 42.0 Å². The number of aliphatic hydroxyl groups is 1. The molecule has 0 aliphatic carbocycles. The quantitative estimate of drug-likeness (QED) is 0.817. The molecule has 0 fully saturated rings. The minimum Gasteiger partial charge on any atom is -0.384 e. The highest BCUT2D eigenvalue weighted by Crippen LogP contribution is 2.22. The highest BCUT2D eigenvalue weighted by atomic mass is 19.1. The average molecular weight is 216 g/mol. The molecule has 2 heteroatoms. The minimum absolute atomic E-state index is 0.292. The smallest absolute Gasteiger partial charge is 0.123 e. The molecule has 16 heavy (non-hydrogen) atoms. The zero-order valence-corrected chi connectivity index (χ0v) is 9.02. The van der Waals surface area contributed by atoms with Crippen LogP contribution in [0.1, 0.15) is 22.8 Å². The molecule has 0 aliphatic heterocycles. The van der Waals surface area contributed by atoms with Gasteiger partial charge in [-0.15, -0.1) is 0 Å². The molecule has 0 saturated carbocycles. The van der Waals surface area contributed by atoms with Crippen LogP contribution in [0.3, 0.4) is 0 Å². The first-order valence-electron chi connectivity index (χ1n) is 5.17. The van der Waals surface area contributed by atoms with Crippen molar-refractivity contribution in [2.75, 3.05) is 0 Å². The van der Waals surface area contributed by atoms with Gasteiger partial charge in [0, 0.05) is 0 Å². The van der Waals surface area contributed by atoms with Crippen molar-refractivity contribution in [3.8, 4) is 0 Å². The number of hydrogen-bond acceptors (Lipinski definition) is 1. The lowest BCUT2D eigenvalue weighted by atomic mass is 10.0. The van der Waals surface area contributed by atoms with E-state index in [0.717, 1.165) is 11.1 Å². The molecule has 1 unspecified atom stereocenters. The Labute approximate surface area is 94.2 Å². The van der Waals surface area contributed by atoms with Gasteiger partial charge in [-0.25, -0.2) is 4.39 Å². The van der Waals surface area contributed by atoms with Gasteiger partial charge in [0.1, 0.15) is 11.9 Å². The maximum atomic E-state index is 12.7. The molecule has 1 nitrogen and oxygen atoms in total. The maximum Gasteiger partial charge on any atom is 0.123 e. The molecule has 0 heterocycles. The second kappa shape index (κ2) is 4.45. The Bertz CT molecular complexity index is 414. The zero-order valence-electron chi connectivity index (χ0n) is 9.02. The Morgan fingerprint density at radius 3 is 1.81 bits per heavy atom. The molecule has 1 N–H and O–H groups in total. The Kier molecular flexibility index (Phi) is 3.02. The summed E-state index contributed by atoms with van der Waals surface area (Å²) in [5.41, 5.74) is 2.66. The van der Waals surface area contributed by atoms with Crippen LogP contribution in [-0.2, 0) is 0 Å². The fraction of sp³-hybridized carbons (Fsp3) is 0.143. The lowest BCUT2D eigenvalue weighted by Crippen LogP contribution is -1.99. The van der Waals surface area contributed by atoms with Gasteiger partial charge in [0.15, 0.2) is 0 Å². The molecule has 0 aromatic heterocycles. The third-order valence-electron chi connectivity index (χ3n) is 2.58. The van der Waals surface area contributed by atoms with Crippen LogP contribution in [0.2, 0.25) is 0 Å². The summed E-state index contributed by atoms with van der Waals surface area (Å²) in [6.45, 7) is 1.99. The van der Waals surface area contributed by atoms with Crippen LogP contribution in [0, 0.1) is 12.7 Å². The van der Waals surface area contributed by atoms with E-state index in [1.807, 2.05) is 31.2 Å². The number of rotatable bonds is 2. The standard InChI is InChI=1S/C14H13FO/c1-10-2-4-11(5-3-10)14(16)12-6-8-13(15)9-7-12/h2-9,14,16H,1H3. The summed E-state index contributed by atoms with van der Waals surface area (Å²) in [5.74, 6) is -0.292. The van der Waals surface area contributed by atoms with Gasteiger partial charge in [0.25, 0.3) is 0 Å². The van der Waals surface area contributed by atoms with Crippen LogP contribution in [-0.4, -0.2) is 5.11 Å². The predicted octanol–water partition coefficient (Wildman–Crippen LogP) is 3.22. The molecule has 0 saturated heterocycles. The SMILES string of the molecule is Cc1ccc(C(O)c2ccc(F)cc2)cc1. The summed E-state index contributed by atoms with van der Waals surface area (Å²) >= 11 is 0. The highest BCUT2D eigenvalue weighted by Gasteiger charge is 2.09. The van der Waals surface area contributed by atoms with Crippen LogP contribution >= 0.6 is 0 Å². The topological polar surface area (TPSA) is 20.2 Å². The van der Waals surface area contributed by atoms with E-state index in [1.54, 1.807) is 12.1 Å². The average Bonchev–Trinajstić information content (AvgIpc) is 2.30. The summed E-state index contributed by atoms with van der Waals surface area (Å²) < 4.78 is 12.7. The molecule has 0 amide bonds. The van der Waals surface area contributed by atoms with Crippen LogP contribution < -0.4 is 0 Å². The van der Waals surface area contributed by atoms with E-state index in [9.17, 15) is 9.50 Å². The first kappa shape index (κ1) is 10.8. The normalized spacial score (nSPS) is 12.4. The van der Waals surface area contributed by atoms with Crippen molar-refractivity contribution in [3.63, 3.8) is 0 Å². The Hall–Kier alpha value is -1.67. The minimum atomic E-state index is -0.693. The Morgan fingerprint density at radius 2 is 1.31 bits per heavy atom. The number of benzene rings is 2. The van der Waals surface area contributed by atoms with Crippen LogP contribution in [0.5, 0.6) is 0 Å². The van der Waals surface area contributed by atoms with Crippen LogP contribution in [0.4, 0.5) is 4.39 Å². The number of hydrogen-bond donors (Lipinski definition) is 1. The fourth-order valence-electron chi connectivity index (χ4n) is 1.59. The van der Waals surface area contributed by atoms with E-state index >= 15 is 0 Å². The summed E-state index contributed by atoms with van der Waals surface area (Å²) in [6, 6.07) is 13.6. The molecule has 82 valence electrons. The van der Waals surface area contributed by atoms with Crippen molar-refractivity contribution < 1.29 is 9.50 Å². The second-order valence-electron chi connectivity index (χ2n) is 3.86. The van der Waals surface area contributed by atoms with Crippen molar-refractivity contribution in [1.82, 2.24) is 0 Å². The number of aryl methyl sites for hydroxylation is 1. The monoisotopic (exact) mass is 216 g/mol. The summed E-state index contributed by atoms with van der Waals surface area (Å²) in [7, 11) is 0. The van der Waals surface area contributed by atoms with Gasteiger partial charge in [-0.05, 0) is 30.2 Å². The lowest BCUT2D eigenvalue weighted by molar-refractivity contribution is 0.220. The van der Waals surface area contributed by atoms with Crippen molar-refractivity contribution >= 4 is 0 Å². The molecular formula is C14H13FO. The first-order valence-corrected chi connectivity index (χ1v) is 5.17. The number of aliphatic hydroxyl groups excluding tert-OH is 1. The molecule has 2 rings (SSSR count). The number of halogens is 1. The molecule has 0 spiro atoms. The zero-order chi connectivity index (χ0) is 11.5. The molecule has 1 atom stereocenters. The van der Waals surface area contributed by atoms with Gasteiger partial charge in [0.05, 0.1) is 0 Å². The van der Waals surface area contributed by atoms with Crippen molar-refractivity contribution in [1.29, 1.82) is 0 Å². The van der Waals surface area contributed by atoms with Gasteiger partial charge in [-0.3, -0.25) is 0 Å². The molecule has 0 radical (unpaired) electrons. The van der Waals surface area contributed by atoms with Crippen molar-refractivity contribution in [3.05, 3.63) is 71.0 Å². The van der Waals surface area contributed by atoms with Gasteiger partial charge < -0.3 is 5.11 Å². The fourth-order valence-corrected chi connectivity index (χ4v) is 1.59. The van der Waals surface area contributed by atoms with Gasteiger partial charge in [0.2, 0.25) is 0 Å². The third-order valence-corrected chi connectivity index (χ3v) is 2.58. The first-order chi connectivity index (χ1) is 7.66. The van der Waals surface area contributed by atoms with Crippen molar-refractivity contribution in [2.45, 2.75) is 13.0 Å². The third kappa shape index (κ3) is 2.28. The van der Waals surface area contributed by atoms with E-state index in [1.165, 1.54) is 12.1 Å². The largest absolute Gasteiger partial charge is 0.384 e. The van der Waals surface area contributed by atoms with E-state index in [-0.39, 0.29) is 5.82 Å². The second-order valence-corrected chi connectivity index (χ2v) is 3.86. The maximum absolute atomic E-state index is 12.7. The summed E-state index contributed by atoms with van der Waals surface area (Å²) in [4.78, 5) is 0. The van der Waals surface area contributed by atoms with Gasteiger partial charge >= 0.3 is 0 Å².